The zero-order valence-electron chi connectivity index (χ0n) is 15.1. The van der Waals surface area contributed by atoms with E-state index in [1.807, 2.05) is 0 Å². The summed E-state index contributed by atoms with van der Waals surface area (Å²) in [6.45, 7) is 0.415. The van der Waals surface area contributed by atoms with Crippen LogP contribution in [-0.4, -0.2) is 43.9 Å². The van der Waals surface area contributed by atoms with Gasteiger partial charge in [-0.15, -0.1) is 0 Å². The number of nitrogens with zero attached hydrogens (tertiary/aromatic N) is 1. The second-order valence-corrected chi connectivity index (χ2v) is 7.14. The molecule has 2 amide bonds. The van der Waals surface area contributed by atoms with E-state index in [0.29, 0.717) is 27.8 Å². The summed E-state index contributed by atoms with van der Waals surface area (Å²) in [7, 11) is 3.35. The third-order valence-corrected chi connectivity index (χ3v) is 4.65. The van der Waals surface area contributed by atoms with Crippen LogP contribution in [0.25, 0.3) is 0 Å². The fourth-order valence-corrected chi connectivity index (χ4v) is 2.80. The van der Waals surface area contributed by atoms with Gasteiger partial charge >= 0.3 is 0 Å². The first-order valence-electron chi connectivity index (χ1n) is 8.30. The SMILES string of the molecule is CN(CC(=O)Nc1ccc(Cl)c(Cl)c1)C(=O)C[NH+](C)Cc1ccccc1F. The average molecular weight is 413 g/mol. The molecule has 0 aliphatic rings. The van der Waals surface area contributed by atoms with Crippen LogP contribution in [0, 0.1) is 5.82 Å². The Morgan fingerprint density at radius 1 is 1.15 bits per heavy atom. The Morgan fingerprint density at radius 2 is 1.85 bits per heavy atom. The van der Waals surface area contributed by atoms with E-state index in [1.165, 1.54) is 17.0 Å². The zero-order chi connectivity index (χ0) is 20.0. The second kappa shape index (κ2) is 9.69. The molecule has 144 valence electrons. The van der Waals surface area contributed by atoms with Gasteiger partial charge in [0.25, 0.3) is 5.91 Å². The molecule has 2 N–H and O–H groups in total. The number of amides is 2. The van der Waals surface area contributed by atoms with Crippen molar-refractivity contribution < 1.29 is 18.9 Å². The van der Waals surface area contributed by atoms with Crippen LogP contribution in [0.2, 0.25) is 10.0 Å². The number of nitrogens with one attached hydrogen (secondary N) is 2. The van der Waals surface area contributed by atoms with Crippen molar-refractivity contribution >= 4 is 40.7 Å². The lowest BCUT2D eigenvalue weighted by molar-refractivity contribution is -0.885. The van der Waals surface area contributed by atoms with E-state index in [2.05, 4.69) is 5.32 Å². The Labute approximate surface area is 167 Å². The number of halogens is 3. The molecule has 27 heavy (non-hydrogen) atoms. The summed E-state index contributed by atoms with van der Waals surface area (Å²) in [5.41, 5.74) is 1.04. The molecule has 2 rings (SSSR count). The van der Waals surface area contributed by atoms with E-state index in [0.717, 1.165) is 4.90 Å². The van der Waals surface area contributed by atoms with Gasteiger partial charge in [0.05, 0.1) is 23.6 Å². The number of hydrogen-bond donors (Lipinski definition) is 2. The molecule has 1 unspecified atom stereocenters. The first kappa shape index (κ1) is 21.2. The van der Waals surface area contributed by atoms with E-state index < -0.39 is 0 Å². The van der Waals surface area contributed by atoms with Crippen molar-refractivity contribution in [1.29, 1.82) is 0 Å². The van der Waals surface area contributed by atoms with Gasteiger partial charge in [0, 0.05) is 18.3 Å². The number of anilines is 1. The highest BCUT2D eigenvalue weighted by Gasteiger charge is 2.18. The Morgan fingerprint density at radius 3 is 2.52 bits per heavy atom. The van der Waals surface area contributed by atoms with E-state index >= 15 is 0 Å². The summed E-state index contributed by atoms with van der Waals surface area (Å²) in [5, 5.41) is 3.39. The van der Waals surface area contributed by atoms with Gasteiger partial charge in [-0.25, -0.2) is 4.39 Å². The number of likely N-dealkylation sites (N-methyl/N-ethyl adjacent to an activating group) is 2. The molecule has 0 saturated carbocycles. The zero-order valence-corrected chi connectivity index (χ0v) is 16.6. The minimum absolute atomic E-state index is 0.105. The van der Waals surface area contributed by atoms with Gasteiger partial charge in [0.15, 0.2) is 6.54 Å². The predicted molar refractivity (Wildman–Crippen MR) is 105 cm³/mol. The maximum Gasteiger partial charge on any atom is 0.277 e. The fraction of sp³-hybridized carbons (Fsp3) is 0.263. The largest absolute Gasteiger partial charge is 0.332 e. The number of quaternary nitrogens is 1. The van der Waals surface area contributed by atoms with Crippen LogP contribution in [-0.2, 0) is 16.1 Å². The average Bonchev–Trinajstić information content (AvgIpc) is 2.60. The lowest BCUT2D eigenvalue weighted by atomic mass is 10.2. The van der Waals surface area contributed by atoms with Gasteiger partial charge in [-0.1, -0.05) is 41.4 Å². The molecule has 2 aromatic rings. The Kier molecular flexibility index (Phi) is 7.59. The van der Waals surface area contributed by atoms with Gasteiger partial charge in [0.2, 0.25) is 5.91 Å². The molecule has 0 bridgehead atoms. The molecular formula is C19H21Cl2FN3O2+. The number of benzene rings is 2. The highest BCUT2D eigenvalue weighted by atomic mass is 35.5. The molecule has 0 saturated heterocycles. The molecule has 0 radical (unpaired) electrons. The lowest BCUT2D eigenvalue weighted by Gasteiger charge is -2.20. The molecule has 1 atom stereocenters. The van der Waals surface area contributed by atoms with Gasteiger partial charge in [-0.2, -0.15) is 0 Å². The van der Waals surface area contributed by atoms with Crippen molar-refractivity contribution in [1.82, 2.24) is 4.90 Å². The Balaban J connectivity index is 1.84. The molecule has 0 fully saturated rings. The minimum atomic E-state index is -0.351. The quantitative estimate of drug-likeness (QED) is 0.732. The van der Waals surface area contributed by atoms with Crippen molar-refractivity contribution in [2.75, 3.05) is 32.5 Å². The normalized spacial score (nSPS) is 11.7. The van der Waals surface area contributed by atoms with Crippen LogP contribution in [0.15, 0.2) is 42.5 Å². The van der Waals surface area contributed by atoms with Crippen molar-refractivity contribution in [3.05, 3.63) is 63.9 Å². The van der Waals surface area contributed by atoms with Gasteiger partial charge in [0.1, 0.15) is 12.4 Å². The van der Waals surface area contributed by atoms with E-state index in [4.69, 9.17) is 23.2 Å². The van der Waals surface area contributed by atoms with Crippen molar-refractivity contribution in [3.63, 3.8) is 0 Å². The standard InChI is InChI=1S/C19H20Cl2FN3O2/c1-24(10-13-5-3-4-6-17(13)22)12-19(27)25(2)11-18(26)23-14-7-8-15(20)16(21)9-14/h3-9H,10-12H2,1-2H3,(H,23,26)/p+1. The molecule has 0 aliphatic heterocycles. The van der Waals surface area contributed by atoms with Gasteiger partial charge in [-0.05, 0) is 24.3 Å². The summed E-state index contributed by atoms with van der Waals surface area (Å²) >= 11 is 11.7. The Hall–Kier alpha value is -2.15. The summed E-state index contributed by atoms with van der Waals surface area (Å²) in [4.78, 5) is 26.6. The maximum atomic E-state index is 13.7. The molecule has 0 heterocycles. The summed E-state index contributed by atoms with van der Waals surface area (Å²) in [5.74, 6) is -0.859. The fourth-order valence-electron chi connectivity index (χ4n) is 2.50. The summed E-state index contributed by atoms with van der Waals surface area (Å²) in [6, 6.07) is 11.2. The third kappa shape index (κ3) is 6.50. The molecule has 0 spiro atoms. The molecule has 2 aromatic carbocycles. The van der Waals surface area contributed by atoms with Gasteiger partial charge in [-0.3, -0.25) is 9.59 Å². The summed E-state index contributed by atoms with van der Waals surface area (Å²) in [6.07, 6.45) is 0. The van der Waals surface area contributed by atoms with Crippen molar-refractivity contribution in [2.24, 2.45) is 0 Å². The topological polar surface area (TPSA) is 53.9 Å². The van der Waals surface area contributed by atoms with Crippen LogP contribution in [0.3, 0.4) is 0 Å². The lowest BCUT2D eigenvalue weighted by Crippen LogP contribution is -3.08. The van der Waals surface area contributed by atoms with E-state index in [9.17, 15) is 14.0 Å². The first-order chi connectivity index (χ1) is 12.8. The van der Waals surface area contributed by atoms with Crippen LogP contribution < -0.4 is 10.2 Å². The van der Waals surface area contributed by atoms with Crippen LogP contribution in [0.4, 0.5) is 10.1 Å². The molecule has 0 aromatic heterocycles. The highest BCUT2D eigenvalue weighted by molar-refractivity contribution is 6.42. The molecular weight excluding hydrogens is 392 g/mol. The van der Waals surface area contributed by atoms with E-state index in [-0.39, 0.29) is 30.7 Å². The molecule has 8 heteroatoms. The second-order valence-electron chi connectivity index (χ2n) is 6.33. The van der Waals surface area contributed by atoms with E-state index in [1.54, 1.807) is 44.4 Å². The molecule has 0 aliphatic carbocycles. The number of carbonyl (C=O) groups is 2. The first-order valence-corrected chi connectivity index (χ1v) is 9.05. The smallest absolute Gasteiger partial charge is 0.277 e. The predicted octanol–water partition coefficient (Wildman–Crippen LogP) is 2.24. The monoisotopic (exact) mass is 412 g/mol. The highest BCUT2D eigenvalue weighted by Crippen LogP contribution is 2.24. The number of hydrogen-bond acceptors (Lipinski definition) is 2. The number of carbonyl (C=O) groups excluding carboxylic acids is 2. The third-order valence-electron chi connectivity index (χ3n) is 3.91. The van der Waals surface area contributed by atoms with Crippen molar-refractivity contribution in [2.45, 2.75) is 6.54 Å². The summed E-state index contributed by atoms with van der Waals surface area (Å²) < 4.78 is 13.7. The Bertz CT molecular complexity index is 832. The minimum Gasteiger partial charge on any atom is -0.332 e. The maximum absolute atomic E-state index is 13.7. The van der Waals surface area contributed by atoms with Crippen LogP contribution in [0.5, 0.6) is 0 Å². The van der Waals surface area contributed by atoms with Crippen molar-refractivity contribution in [3.8, 4) is 0 Å². The molecule has 5 nitrogen and oxygen atoms in total. The van der Waals surface area contributed by atoms with Crippen LogP contribution in [0.1, 0.15) is 5.56 Å². The van der Waals surface area contributed by atoms with Crippen LogP contribution >= 0.6 is 23.2 Å². The number of rotatable bonds is 7. The van der Waals surface area contributed by atoms with Gasteiger partial charge < -0.3 is 15.1 Å².